The number of carbonyl (C=O) groups is 2. The Hall–Kier alpha value is -2.34. The SMILES string of the molecule is CC(C)C(NC(=O)c1cccc(N2CCOC2=O)c1)c1cccs1. The van der Waals surface area contributed by atoms with E-state index in [2.05, 4.69) is 19.2 Å². The topological polar surface area (TPSA) is 58.6 Å². The van der Waals surface area contributed by atoms with Crippen LogP contribution in [0.15, 0.2) is 41.8 Å². The van der Waals surface area contributed by atoms with Crippen LogP contribution in [0.2, 0.25) is 0 Å². The van der Waals surface area contributed by atoms with Crippen molar-refractivity contribution in [3.8, 4) is 0 Å². The van der Waals surface area contributed by atoms with Crippen molar-refractivity contribution in [1.82, 2.24) is 5.32 Å². The maximum atomic E-state index is 12.7. The van der Waals surface area contributed by atoms with Gasteiger partial charge in [-0.3, -0.25) is 9.69 Å². The van der Waals surface area contributed by atoms with Crippen molar-refractivity contribution in [1.29, 1.82) is 0 Å². The number of hydrogen-bond donors (Lipinski definition) is 1. The van der Waals surface area contributed by atoms with Crippen LogP contribution in [0.25, 0.3) is 0 Å². The fourth-order valence-corrected chi connectivity index (χ4v) is 3.65. The summed E-state index contributed by atoms with van der Waals surface area (Å²) in [6.45, 7) is 5.05. The highest BCUT2D eigenvalue weighted by Gasteiger charge is 2.25. The smallest absolute Gasteiger partial charge is 0.414 e. The number of rotatable bonds is 5. The van der Waals surface area contributed by atoms with Crippen LogP contribution in [-0.2, 0) is 4.74 Å². The Balaban J connectivity index is 1.78. The lowest BCUT2D eigenvalue weighted by atomic mass is 10.0. The second kappa shape index (κ2) is 7.05. The Morgan fingerprint density at radius 3 is 2.75 bits per heavy atom. The minimum Gasteiger partial charge on any atom is -0.447 e. The molecule has 1 aromatic heterocycles. The van der Waals surface area contributed by atoms with Crippen LogP contribution in [0.3, 0.4) is 0 Å². The van der Waals surface area contributed by atoms with Gasteiger partial charge in [-0.2, -0.15) is 0 Å². The van der Waals surface area contributed by atoms with Crippen LogP contribution in [-0.4, -0.2) is 25.2 Å². The molecule has 5 nitrogen and oxygen atoms in total. The summed E-state index contributed by atoms with van der Waals surface area (Å²) in [4.78, 5) is 27.0. The Morgan fingerprint density at radius 2 is 2.12 bits per heavy atom. The van der Waals surface area contributed by atoms with Gasteiger partial charge in [0.05, 0.1) is 12.6 Å². The lowest BCUT2D eigenvalue weighted by Crippen LogP contribution is -2.31. The van der Waals surface area contributed by atoms with Gasteiger partial charge in [0.2, 0.25) is 0 Å². The molecule has 2 aromatic rings. The molecule has 0 spiro atoms. The maximum Gasteiger partial charge on any atom is 0.414 e. The molecule has 2 heterocycles. The van der Waals surface area contributed by atoms with E-state index in [9.17, 15) is 9.59 Å². The highest BCUT2D eigenvalue weighted by molar-refractivity contribution is 7.10. The van der Waals surface area contributed by atoms with Crippen LogP contribution in [0.1, 0.15) is 35.1 Å². The van der Waals surface area contributed by atoms with Gasteiger partial charge in [-0.1, -0.05) is 26.0 Å². The average Bonchev–Trinajstić information content (AvgIpc) is 3.23. The number of amides is 2. The van der Waals surface area contributed by atoms with E-state index in [1.165, 1.54) is 4.90 Å². The molecule has 1 fully saturated rings. The summed E-state index contributed by atoms with van der Waals surface area (Å²) in [5.74, 6) is 0.140. The van der Waals surface area contributed by atoms with Gasteiger partial charge in [-0.15, -0.1) is 11.3 Å². The zero-order chi connectivity index (χ0) is 17.1. The molecule has 1 atom stereocenters. The molecule has 6 heteroatoms. The van der Waals surface area contributed by atoms with E-state index >= 15 is 0 Å². The van der Waals surface area contributed by atoms with E-state index in [0.717, 1.165) is 4.88 Å². The fraction of sp³-hybridized carbons (Fsp3) is 0.333. The summed E-state index contributed by atoms with van der Waals surface area (Å²) in [5.41, 5.74) is 1.22. The number of thiophene rings is 1. The summed E-state index contributed by atoms with van der Waals surface area (Å²) in [6, 6.07) is 11.1. The fourth-order valence-electron chi connectivity index (χ4n) is 2.70. The molecule has 1 aliphatic rings. The molecule has 0 bridgehead atoms. The van der Waals surface area contributed by atoms with E-state index in [4.69, 9.17) is 4.74 Å². The van der Waals surface area contributed by atoms with Gasteiger partial charge < -0.3 is 10.1 Å². The van der Waals surface area contributed by atoms with Crippen LogP contribution < -0.4 is 10.2 Å². The minimum atomic E-state index is -0.369. The number of carbonyl (C=O) groups excluding carboxylic acids is 2. The van der Waals surface area contributed by atoms with Gasteiger partial charge in [0.15, 0.2) is 0 Å². The largest absolute Gasteiger partial charge is 0.447 e. The number of hydrogen-bond acceptors (Lipinski definition) is 4. The van der Waals surface area contributed by atoms with Gasteiger partial charge in [0.1, 0.15) is 6.61 Å². The summed E-state index contributed by atoms with van der Waals surface area (Å²) < 4.78 is 4.95. The number of benzene rings is 1. The highest BCUT2D eigenvalue weighted by Crippen LogP contribution is 2.27. The first-order valence-corrected chi connectivity index (χ1v) is 8.83. The number of nitrogens with one attached hydrogen (secondary N) is 1. The lowest BCUT2D eigenvalue weighted by Gasteiger charge is -2.21. The Kier molecular flexibility index (Phi) is 4.85. The van der Waals surface area contributed by atoms with Gasteiger partial charge in [0, 0.05) is 16.1 Å². The van der Waals surface area contributed by atoms with E-state index in [1.54, 1.807) is 29.5 Å². The summed E-state index contributed by atoms with van der Waals surface area (Å²) >= 11 is 1.64. The maximum absolute atomic E-state index is 12.7. The second-order valence-electron chi connectivity index (χ2n) is 6.03. The first-order valence-electron chi connectivity index (χ1n) is 7.95. The number of nitrogens with zero attached hydrogens (tertiary/aromatic N) is 1. The van der Waals surface area contributed by atoms with Crippen molar-refractivity contribution in [2.45, 2.75) is 19.9 Å². The van der Waals surface area contributed by atoms with Crippen LogP contribution in [0.4, 0.5) is 10.5 Å². The molecule has 126 valence electrons. The highest BCUT2D eigenvalue weighted by atomic mass is 32.1. The molecule has 1 aromatic carbocycles. The molecular weight excluding hydrogens is 324 g/mol. The lowest BCUT2D eigenvalue weighted by molar-refractivity contribution is 0.0926. The molecule has 1 unspecified atom stereocenters. The summed E-state index contributed by atoms with van der Waals surface area (Å²) in [6.07, 6.45) is -0.369. The summed E-state index contributed by atoms with van der Waals surface area (Å²) in [5, 5.41) is 5.11. The Morgan fingerprint density at radius 1 is 1.29 bits per heavy atom. The number of anilines is 1. The van der Waals surface area contributed by atoms with E-state index in [-0.39, 0.29) is 24.0 Å². The summed E-state index contributed by atoms with van der Waals surface area (Å²) in [7, 11) is 0. The van der Waals surface area contributed by atoms with Crippen LogP contribution >= 0.6 is 11.3 Å². The average molecular weight is 344 g/mol. The van der Waals surface area contributed by atoms with E-state index in [0.29, 0.717) is 24.4 Å². The van der Waals surface area contributed by atoms with Gasteiger partial charge >= 0.3 is 6.09 Å². The molecule has 0 radical (unpaired) electrons. The van der Waals surface area contributed by atoms with Crippen molar-refractivity contribution in [3.05, 3.63) is 52.2 Å². The van der Waals surface area contributed by atoms with Crippen molar-refractivity contribution < 1.29 is 14.3 Å². The third-order valence-electron chi connectivity index (χ3n) is 3.98. The van der Waals surface area contributed by atoms with Gasteiger partial charge in [0.25, 0.3) is 5.91 Å². The molecular formula is C18H20N2O3S. The molecule has 3 rings (SSSR count). The van der Waals surface area contributed by atoms with Crippen molar-refractivity contribution in [2.24, 2.45) is 5.92 Å². The van der Waals surface area contributed by atoms with Crippen molar-refractivity contribution in [2.75, 3.05) is 18.1 Å². The third kappa shape index (κ3) is 3.43. The molecule has 0 aliphatic carbocycles. The van der Waals surface area contributed by atoms with E-state index in [1.807, 2.05) is 23.6 Å². The number of cyclic esters (lactones) is 1. The Bertz CT molecular complexity index is 728. The minimum absolute atomic E-state index is 0.0297. The van der Waals surface area contributed by atoms with Crippen molar-refractivity contribution in [3.63, 3.8) is 0 Å². The zero-order valence-corrected chi connectivity index (χ0v) is 14.5. The van der Waals surface area contributed by atoms with Gasteiger partial charge in [-0.25, -0.2) is 4.79 Å². The second-order valence-corrected chi connectivity index (χ2v) is 7.01. The molecule has 1 aliphatic heterocycles. The normalized spacial score (nSPS) is 15.5. The standard InChI is InChI=1S/C18H20N2O3S/c1-12(2)16(15-7-4-10-24-15)19-17(21)13-5-3-6-14(11-13)20-8-9-23-18(20)22/h3-7,10-12,16H,8-9H2,1-2H3,(H,19,21). The molecule has 0 saturated carbocycles. The van der Waals surface area contributed by atoms with Crippen molar-refractivity contribution >= 4 is 29.0 Å². The van der Waals surface area contributed by atoms with Gasteiger partial charge in [-0.05, 0) is 35.6 Å². The van der Waals surface area contributed by atoms with Crippen LogP contribution in [0.5, 0.6) is 0 Å². The van der Waals surface area contributed by atoms with E-state index < -0.39 is 0 Å². The Labute approximate surface area is 145 Å². The predicted octanol–water partition coefficient (Wildman–Crippen LogP) is 3.83. The number of ether oxygens (including phenoxy) is 1. The quantitative estimate of drug-likeness (QED) is 0.897. The predicted molar refractivity (Wildman–Crippen MR) is 94.5 cm³/mol. The molecule has 24 heavy (non-hydrogen) atoms. The molecule has 1 N–H and O–H groups in total. The molecule has 1 saturated heterocycles. The third-order valence-corrected chi connectivity index (χ3v) is 4.94. The van der Waals surface area contributed by atoms with Crippen LogP contribution in [0, 0.1) is 5.92 Å². The molecule has 2 amide bonds. The first-order chi connectivity index (χ1) is 11.6. The monoisotopic (exact) mass is 344 g/mol. The first kappa shape index (κ1) is 16.5. The zero-order valence-electron chi connectivity index (χ0n) is 13.7.